The Labute approximate surface area is 52.0 Å². The van der Waals surface area contributed by atoms with Crippen LogP contribution in [0.25, 0.3) is 0 Å². The second kappa shape index (κ2) is 1.10. The highest BCUT2D eigenvalue weighted by Gasteiger charge is 2.54. The number of urea groups is 2. The zero-order chi connectivity index (χ0) is 6.59. The predicted octanol–water partition coefficient (Wildman–Crippen LogP) is 0.246. The normalized spacial score (nSPS) is 31.4. The lowest BCUT2D eigenvalue weighted by Crippen LogP contribution is -2.54. The van der Waals surface area contributed by atoms with E-state index in [9.17, 15) is 9.59 Å². The lowest BCUT2D eigenvalue weighted by atomic mass is 10.4. The first-order valence-corrected chi connectivity index (χ1v) is 2.86. The third-order valence-corrected chi connectivity index (χ3v) is 1.76. The third-order valence-electron chi connectivity index (χ3n) is 1.76. The van der Waals surface area contributed by atoms with Gasteiger partial charge in [-0.3, -0.25) is 0 Å². The number of hydrogen-bond acceptors (Lipinski definition) is 2. The second-order valence-electron chi connectivity index (χ2n) is 2.39. The molecule has 9 heavy (non-hydrogen) atoms. The molecule has 3 rings (SSSR count). The van der Waals surface area contributed by atoms with Gasteiger partial charge in [0.1, 0.15) is 0 Å². The molecular formula is C5H6N2O2. The van der Waals surface area contributed by atoms with Crippen LogP contribution in [0, 0.1) is 0 Å². The Kier molecular flexibility index (Phi) is 0.583. The van der Waals surface area contributed by atoms with E-state index < -0.39 is 0 Å². The molecule has 4 heteroatoms. The molecular weight excluding hydrogens is 120 g/mol. The van der Waals surface area contributed by atoms with E-state index in [1.165, 1.54) is 9.80 Å². The monoisotopic (exact) mass is 126 g/mol. The molecule has 0 saturated carbocycles. The van der Waals surface area contributed by atoms with Crippen LogP contribution in [0.2, 0.25) is 0 Å². The van der Waals surface area contributed by atoms with Crippen LogP contribution in [0.15, 0.2) is 0 Å². The van der Waals surface area contributed by atoms with Crippen molar-refractivity contribution in [3.05, 3.63) is 0 Å². The summed E-state index contributed by atoms with van der Waals surface area (Å²) in [7, 11) is 0. The lowest BCUT2D eigenvalue weighted by molar-refractivity contribution is 0.142. The topological polar surface area (TPSA) is 40.6 Å². The van der Waals surface area contributed by atoms with Gasteiger partial charge >= 0.3 is 12.1 Å². The van der Waals surface area contributed by atoms with E-state index in [0.717, 1.165) is 0 Å². The molecule has 0 aromatic heterocycles. The summed E-state index contributed by atoms with van der Waals surface area (Å²) in [5.41, 5.74) is 0. The zero-order valence-corrected chi connectivity index (χ0v) is 5.00. The van der Waals surface area contributed by atoms with Crippen LogP contribution in [0.1, 0.15) is 6.92 Å². The molecule has 3 aliphatic heterocycles. The maximum Gasteiger partial charge on any atom is 0.336 e. The molecule has 0 spiro atoms. The van der Waals surface area contributed by atoms with Crippen molar-refractivity contribution >= 4 is 12.1 Å². The highest BCUT2D eigenvalue weighted by Crippen LogP contribution is 2.27. The molecule has 0 aromatic carbocycles. The molecule has 48 valence electrons. The third kappa shape index (κ3) is 0.322. The summed E-state index contributed by atoms with van der Waals surface area (Å²) in [5.74, 6) is 0. The molecule has 3 fully saturated rings. The Morgan fingerprint density at radius 3 is 2.11 bits per heavy atom. The van der Waals surface area contributed by atoms with Gasteiger partial charge in [-0.25, -0.2) is 19.4 Å². The Balaban J connectivity index is 2.35. The van der Waals surface area contributed by atoms with E-state index in [4.69, 9.17) is 0 Å². The van der Waals surface area contributed by atoms with E-state index in [1.807, 2.05) is 6.92 Å². The Morgan fingerprint density at radius 2 is 2.00 bits per heavy atom. The van der Waals surface area contributed by atoms with Crippen LogP contribution in [0.5, 0.6) is 0 Å². The quantitative estimate of drug-likeness (QED) is 0.466. The summed E-state index contributed by atoms with van der Waals surface area (Å²) in [6.07, 6.45) is 0. The fourth-order valence-electron chi connectivity index (χ4n) is 1.26. The molecule has 3 heterocycles. The highest BCUT2D eigenvalue weighted by molar-refractivity contribution is 6.14. The standard InChI is InChI=1S/C5H6N2O2/c1-3-2-6-4(8)7(3)5(6)9/h3H,2H2,1H3. The number of amides is 4. The van der Waals surface area contributed by atoms with Gasteiger partial charge in [-0.1, -0.05) is 0 Å². The first-order chi connectivity index (χ1) is 4.22. The Hall–Kier alpha value is -1.06. The number of rotatable bonds is 0. The van der Waals surface area contributed by atoms with Gasteiger partial charge in [0.05, 0.1) is 12.6 Å². The molecule has 0 aliphatic carbocycles. The molecule has 2 bridgehead atoms. The van der Waals surface area contributed by atoms with Crippen molar-refractivity contribution in [2.24, 2.45) is 0 Å². The van der Waals surface area contributed by atoms with E-state index >= 15 is 0 Å². The minimum Gasteiger partial charge on any atom is -0.247 e. The van der Waals surface area contributed by atoms with Crippen LogP contribution in [-0.2, 0) is 0 Å². The average molecular weight is 126 g/mol. The molecule has 1 unspecified atom stereocenters. The minimum absolute atomic E-state index is 0.102. The fraction of sp³-hybridized carbons (Fsp3) is 0.600. The van der Waals surface area contributed by atoms with Gasteiger partial charge in [0.15, 0.2) is 0 Å². The van der Waals surface area contributed by atoms with Gasteiger partial charge in [-0.2, -0.15) is 0 Å². The molecule has 4 amide bonds. The van der Waals surface area contributed by atoms with Crippen LogP contribution < -0.4 is 0 Å². The maximum absolute atomic E-state index is 10.7. The average Bonchev–Trinajstić information content (AvgIpc) is 2.23. The molecule has 4 nitrogen and oxygen atoms in total. The first kappa shape index (κ1) is 4.78. The summed E-state index contributed by atoms with van der Waals surface area (Å²) < 4.78 is 0. The van der Waals surface area contributed by atoms with E-state index in [-0.39, 0.29) is 18.1 Å². The number of fused-ring (bicyclic) bond motifs is 1. The molecule has 0 N–H and O–H groups in total. The van der Waals surface area contributed by atoms with Crippen molar-refractivity contribution in [3.8, 4) is 0 Å². The van der Waals surface area contributed by atoms with E-state index in [0.29, 0.717) is 6.54 Å². The highest BCUT2D eigenvalue weighted by atomic mass is 16.2. The summed E-state index contributed by atoms with van der Waals surface area (Å²) >= 11 is 0. The molecule has 0 aromatic rings. The van der Waals surface area contributed by atoms with Gasteiger partial charge in [0.25, 0.3) is 0 Å². The molecule has 0 radical (unpaired) electrons. The largest absolute Gasteiger partial charge is 0.336 e. The summed E-state index contributed by atoms with van der Waals surface area (Å²) in [5, 5.41) is 0. The van der Waals surface area contributed by atoms with Gasteiger partial charge in [0, 0.05) is 0 Å². The van der Waals surface area contributed by atoms with Crippen molar-refractivity contribution in [1.29, 1.82) is 0 Å². The zero-order valence-electron chi connectivity index (χ0n) is 5.00. The number of nitrogens with zero attached hydrogens (tertiary/aromatic N) is 2. The second-order valence-corrected chi connectivity index (χ2v) is 2.39. The number of carbonyl (C=O) groups is 2. The lowest BCUT2D eigenvalue weighted by Gasteiger charge is -2.27. The summed E-state index contributed by atoms with van der Waals surface area (Å²) in [6, 6.07) is -0.162. The molecule has 1 atom stereocenters. The Morgan fingerprint density at radius 1 is 1.44 bits per heavy atom. The van der Waals surface area contributed by atoms with Gasteiger partial charge in [-0.15, -0.1) is 0 Å². The molecule has 3 aliphatic rings. The van der Waals surface area contributed by atoms with Gasteiger partial charge < -0.3 is 0 Å². The SMILES string of the molecule is CC1CN2C(=O)N1C2=O. The summed E-state index contributed by atoms with van der Waals surface area (Å²) in [6.45, 7) is 2.44. The Bertz CT molecular complexity index is 185. The van der Waals surface area contributed by atoms with Crippen LogP contribution in [-0.4, -0.2) is 34.4 Å². The van der Waals surface area contributed by atoms with Gasteiger partial charge in [-0.05, 0) is 6.92 Å². The minimum atomic E-state index is -0.132. The first-order valence-electron chi connectivity index (χ1n) is 2.86. The smallest absolute Gasteiger partial charge is 0.247 e. The van der Waals surface area contributed by atoms with Crippen LogP contribution in [0.3, 0.4) is 0 Å². The summed E-state index contributed by atoms with van der Waals surface area (Å²) in [4.78, 5) is 23.9. The van der Waals surface area contributed by atoms with Gasteiger partial charge in [0.2, 0.25) is 0 Å². The van der Waals surface area contributed by atoms with E-state index in [1.54, 1.807) is 0 Å². The van der Waals surface area contributed by atoms with Crippen molar-refractivity contribution in [1.82, 2.24) is 9.80 Å². The number of imide groups is 2. The van der Waals surface area contributed by atoms with Crippen molar-refractivity contribution in [3.63, 3.8) is 0 Å². The number of hydrogen-bond donors (Lipinski definition) is 0. The maximum atomic E-state index is 10.7. The van der Waals surface area contributed by atoms with E-state index in [2.05, 4.69) is 0 Å². The van der Waals surface area contributed by atoms with Crippen molar-refractivity contribution in [2.45, 2.75) is 13.0 Å². The van der Waals surface area contributed by atoms with Crippen molar-refractivity contribution in [2.75, 3.05) is 6.54 Å². The molecule has 3 saturated heterocycles. The predicted molar refractivity (Wildman–Crippen MR) is 28.8 cm³/mol. The van der Waals surface area contributed by atoms with Crippen LogP contribution in [0.4, 0.5) is 9.59 Å². The van der Waals surface area contributed by atoms with Crippen LogP contribution >= 0.6 is 0 Å². The number of carbonyl (C=O) groups excluding carboxylic acids is 2. The fourth-order valence-corrected chi connectivity index (χ4v) is 1.26. The van der Waals surface area contributed by atoms with Crippen molar-refractivity contribution < 1.29 is 9.59 Å².